The maximum atomic E-state index is 11.3. The second-order valence-corrected chi connectivity index (χ2v) is 5.97. The van der Waals surface area contributed by atoms with E-state index in [1.54, 1.807) is 6.07 Å². The van der Waals surface area contributed by atoms with Crippen molar-refractivity contribution in [1.29, 1.82) is 0 Å². The number of fused-ring (bicyclic) bond motifs is 1. The summed E-state index contributed by atoms with van der Waals surface area (Å²) in [4.78, 5) is 15.8. The number of carbonyl (C=O) groups is 1. The number of aromatic carboxylic acids is 1. The molecule has 0 fully saturated rings. The molecule has 4 nitrogen and oxygen atoms in total. The normalized spacial score (nSPS) is 15.4. The van der Waals surface area contributed by atoms with Gasteiger partial charge in [0, 0.05) is 17.6 Å². The first-order chi connectivity index (χ1) is 8.61. The third-order valence-electron chi connectivity index (χ3n) is 3.09. The number of pyridine rings is 1. The molecule has 2 rings (SSSR count). The Morgan fingerprint density at radius 2 is 2.33 bits per heavy atom. The van der Waals surface area contributed by atoms with E-state index in [-0.39, 0.29) is 11.9 Å². The summed E-state index contributed by atoms with van der Waals surface area (Å²) < 4.78 is 0. The van der Waals surface area contributed by atoms with Crippen LogP contribution < -0.4 is 0 Å². The van der Waals surface area contributed by atoms with Crippen LogP contribution in [0.1, 0.15) is 41.4 Å². The first kappa shape index (κ1) is 13.4. The molecule has 1 aromatic heterocycles. The van der Waals surface area contributed by atoms with Gasteiger partial charge in [0.25, 0.3) is 0 Å². The van der Waals surface area contributed by atoms with Crippen LogP contribution in [0.15, 0.2) is 11.1 Å². The number of hydrogen-bond acceptors (Lipinski definition) is 4. The third-order valence-corrected chi connectivity index (χ3v) is 4.27. The molecule has 1 atom stereocenters. The zero-order valence-corrected chi connectivity index (χ0v) is 11.2. The standard InChI is InChI=1S/C13H17NO3S/c1-8(5-6-15)18-12-10(13(16)17)7-9-3-2-4-11(9)14-12/h7-8,15H,2-6H2,1H3,(H,16,17). The van der Waals surface area contributed by atoms with E-state index in [9.17, 15) is 9.90 Å². The van der Waals surface area contributed by atoms with Gasteiger partial charge < -0.3 is 10.2 Å². The van der Waals surface area contributed by atoms with Gasteiger partial charge in [0.2, 0.25) is 0 Å². The molecule has 0 bridgehead atoms. The maximum absolute atomic E-state index is 11.3. The number of carboxylic acids is 1. The number of rotatable bonds is 5. The van der Waals surface area contributed by atoms with Crippen LogP contribution in [0.3, 0.4) is 0 Å². The number of nitrogens with zero attached hydrogens (tertiary/aromatic N) is 1. The van der Waals surface area contributed by atoms with Crippen LogP contribution in [-0.2, 0) is 12.8 Å². The highest BCUT2D eigenvalue weighted by Gasteiger charge is 2.21. The minimum absolute atomic E-state index is 0.113. The molecule has 1 aliphatic rings. The van der Waals surface area contributed by atoms with Crippen LogP contribution in [0.2, 0.25) is 0 Å². The Labute approximate surface area is 110 Å². The molecular formula is C13H17NO3S. The second kappa shape index (κ2) is 5.71. The summed E-state index contributed by atoms with van der Waals surface area (Å²) in [5, 5.41) is 18.9. The highest BCUT2D eigenvalue weighted by atomic mass is 32.2. The molecular weight excluding hydrogens is 250 g/mol. The monoisotopic (exact) mass is 267 g/mol. The predicted octanol–water partition coefficient (Wildman–Crippen LogP) is 2.13. The van der Waals surface area contributed by atoms with E-state index >= 15 is 0 Å². The lowest BCUT2D eigenvalue weighted by atomic mass is 10.1. The molecule has 1 unspecified atom stereocenters. The Balaban J connectivity index is 2.29. The van der Waals surface area contributed by atoms with Gasteiger partial charge in [0.15, 0.2) is 0 Å². The zero-order valence-electron chi connectivity index (χ0n) is 10.3. The van der Waals surface area contributed by atoms with E-state index in [0.717, 1.165) is 30.5 Å². The molecule has 0 saturated heterocycles. The van der Waals surface area contributed by atoms with Gasteiger partial charge in [0.05, 0.1) is 5.56 Å². The lowest BCUT2D eigenvalue weighted by Gasteiger charge is -2.12. The van der Waals surface area contributed by atoms with Crippen molar-refractivity contribution in [2.24, 2.45) is 0 Å². The topological polar surface area (TPSA) is 70.4 Å². The molecule has 98 valence electrons. The van der Waals surface area contributed by atoms with E-state index in [1.165, 1.54) is 11.8 Å². The summed E-state index contributed by atoms with van der Waals surface area (Å²) in [6, 6.07) is 1.77. The van der Waals surface area contributed by atoms with Crippen molar-refractivity contribution < 1.29 is 15.0 Å². The Kier molecular flexibility index (Phi) is 4.24. The van der Waals surface area contributed by atoms with Crippen molar-refractivity contribution in [2.75, 3.05) is 6.61 Å². The number of aliphatic hydroxyl groups excluding tert-OH is 1. The predicted molar refractivity (Wildman–Crippen MR) is 70.2 cm³/mol. The quantitative estimate of drug-likeness (QED) is 0.800. The largest absolute Gasteiger partial charge is 0.478 e. The molecule has 1 aromatic rings. The van der Waals surface area contributed by atoms with Crippen molar-refractivity contribution >= 4 is 17.7 Å². The summed E-state index contributed by atoms with van der Waals surface area (Å²) in [6.07, 6.45) is 3.57. The number of aliphatic hydroxyl groups is 1. The van der Waals surface area contributed by atoms with Gasteiger partial charge >= 0.3 is 5.97 Å². The number of carboxylic acid groups (broad SMARTS) is 1. The third kappa shape index (κ3) is 2.84. The number of aryl methyl sites for hydroxylation is 2. The van der Waals surface area contributed by atoms with E-state index in [2.05, 4.69) is 4.98 Å². The van der Waals surface area contributed by atoms with Gasteiger partial charge in [0.1, 0.15) is 5.03 Å². The van der Waals surface area contributed by atoms with Gasteiger partial charge in [-0.1, -0.05) is 6.92 Å². The molecule has 1 heterocycles. The van der Waals surface area contributed by atoms with Crippen molar-refractivity contribution in [3.05, 3.63) is 22.9 Å². The van der Waals surface area contributed by atoms with Gasteiger partial charge in [-0.25, -0.2) is 9.78 Å². The molecule has 0 amide bonds. The lowest BCUT2D eigenvalue weighted by molar-refractivity contribution is 0.0692. The Bertz CT molecular complexity index is 462. The van der Waals surface area contributed by atoms with Crippen LogP contribution in [0.4, 0.5) is 0 Å². The van der Waals surface area contributed by atoms with Crippen LogP contribution in [0.25, 0.3) is 0 Å². The first-order valence-corrected chi connectivity index (χ1v) is 7.03. The minimum Gasteiger partial charge on any atom is -0.478 e. The smallest absolute Gasteiger partial charge is 0.338 e. The van der Waals surface area contributed by atoms with E-state index < -0.39 is 5.97 Å². The van der Waals surface area contributed by atoms with E-state index in [1.807, 2.05) is 6.92 Å². The molecule has 1 aliphatic carbocycles. The van der Waals surface area contributed by atoms with Gasteiger partial charge in [-0.3, -0.25) is 0 Å². The van der Waals surface area contributed by atoms with Crippen LogP contribution in [-0.4, -0.2) is 33.0 Å². The van der Waals surface area contributed by atoms with Gasteiger partial charge in [-0.15, -0.1) is 11.8 Å². The Morgan fingerprint density at radius 3 is 3.00 bits per heavy atom. The van der Waals surface area contributed by atoms with Crippen molar-refractivity contribution in [1.82, 2.24) is 4.98 Å². The van der Waals surface area contributed by atoms with Crippen molar-refractivity contribution in [3.63, 3.8) is 0 Å². The highest BCUT2D eigenvalue weighted by molar-refractivity contribution is 7.99. The molecule has 5 heteroatoms. The summed E-state index contributed by atoms with van der Waals surface area (Å²) >= 11 is 1.44. The number of thioether (sulfide) groups is 1. The summed E-state index contributed by atoms with van der Waals surface area (Å²) in [7, 11) is 0. The number of hydrogen-bond donors (Lipinski definition) is 2. The molecule has 0 aliphatic heterocycles. The Hall–Kier alpha value is -1.07. The molecule has 0 radical (unpaired) electrons. The van der Waals surface area contributed by atoms with Crippen molar-refractivity contribution in [2.45, 2.75) is 42.9 Å². The average Bonchev–Trinajstić information content (AvgIpc) is 2.74. The van der Waals surface area contributed by atoms with Gasteiger partial charge in [-0.05, 0) is 37.3 Å². The first-order valence-electron chi connectivity index (χ1n) is 6.15. The lowest BCUT2D eigenvalue weighted by Crippen LogP contribution is -2.07. The van der Waals surface area contributed by atoms with E-state index in [4.69, 9.17) is 5.11 Å². The maximum Gasteiger partial charge on any atom is 0.338 e. The molecule has 0 spiro atoms. The second-order valence-electron chi connectivity index (χ2n) is 4.55. The Morgan fingerprint density at radius 1 is 1.56 bits per heavy atom. The molecule has 0 aromatic carbocycles. The SMILES string of the molecule is CC(CCO)Sc1nc2c(cc1C(=O)O)CCC2. The summed E-state index contributed by atoms with van der Waals surface area (Å²) in [5.74, 6) is -0.920. The fraction of sp³-hybridized carbons (Fsp3) is 0.538. The number of aromatic nitrogens is 1. The van der Waals surface area contributed by atoms with Gasteiger partial charge in [-0.2, -0.15) is 0 Å². The van der Waals surface area contributed by atoms with Crippen LogP contribution >= 0.6 is 11.8 Å². The van der Waals surface area contributed by atoms with Crippen LogP contribution in [0, 0.1) is 0 Å². The minimum atomic E-state index is -0.920. The zero-order chi connectivity index (χ0) is 13.1. The van der Waals surface area contributed by atoms with Crippen molar-refractivity contribution in [3.8, 4) is 0 Å². The fourth-order valence-electron chi connectivity index (χ4n) is 2.13. The van der Waals surface area contributed by atoms with E-state index in [0.29, 0.717) is 17.0 Å². The fourth-order valence-corrected chi connectivity index (χ4v) is 3.17. The summed E-state index contributed by atoms with van der Waals surface area (Å²) in [5.41, 5.74) is 2.41. The molecule has 0 saturated carbocycles. The highest BCUT2D eigenvalue weighted by Crippen LogP contribution is 2.31. The average molecular weight is 267 g/mol. The summed E-state index contributed by atoms with van der Waals surface area (Å²) in [6.45, 7) is 2.09. The van der Waals surface area contributed by atoms with Crippen LogP contribution in [0.5, 0.6) is 0 Å². The molecule has 2 N–H and O–H groups in total. The molecule has 18 heavy (non-hydrogen) atoms.